The zero-order valence-corrected chi connectivity index (χ0v) is 14.2. The first kappa shape index (κ1) is 17.5. The molecule has 20 heavy (non-hydrogen) atoms. The van der Waals surface area contributed by atoms with Gasteiger partial charge in [-0.05, 0) is 24.5 Å². The second-order valence-corrected chi connectivity index (χ2v) is 5.89. The van der Waals surface area contributed by atoms with Crippen molar-refractivity contribution in [1.82, 2.24) is 0 Å². The molecular formula is C18H31OP. The third-order valence-corrected chi connectivity index (χ3v) is 4.15. The summed E-state index contributed by atoms with van der Waals surface area (Å²) in [6.07, 6.45) is 15.1. The third kappa shape index (κ3) is 7.90. The van der Waals surface area contributed by atoms with Gasteiger partial charge in [-0.3, -0.25) is 0 Å². The van der Waals surface area contributed by atoms with Gasteiger partial charge in [0.15, 0.2) is 0 Å². The van der Waals surface area contributed by atoms with Crippen molar-refractivity contribution in [2.45, 2.75) is 77.6 Å². The van der Waals surface area contributed by atoms with Crippen molar-refractivity contribution < 1.29 is 4.52 Å². The fraction of sp³-hybridized carbons (Fsp3) is 0.667. The van der Waals surface area contributed by atoms with E-state index < -0.39 is 0 Å². The Balaban J connectivity index is 1.97. The minimum absolute atomic E-state index is 1.01. The second kappa shape index (κ2) is 12.2. The molecule has 0 aliphatic heterocycles. The lowest BCUT2D eigenvalue weighted by molar-refractivity contribution is 0.554. The summed E-state index contributed by atoms with van der Waals surface area (Å²) < 4.78 is 5.30. The molecule has 0 radical (unpaired) electrons. The maximum atomic E-state index is 5.30. The highest BCUT2D eigenvalue weighted by atomic mass is 31.0. The monoisotopic (exact) mass is 294 g/mol. The molecule has 0 saturated carbocycles. The van der Waals surface area contributed by atoms with Crippen LogP contribution < -0.4 is 4.52 Å². The SMILES string of the molecule is CCCCCCCCCCCCc1ccccc1OP. The van der Waals surface area contributed by atoms with E-state index in [2.05, 4.69) is 28.5 Å². The van der Waals surface area contributed by atoms with Crippen molar-refractivity contribution in [1.29, 1.82) is 0 Å². The Morgan fingerprint density at radius 2 is 1.35 bits per heavy atom. The molecule has 2 heteroatoms. The normalized spacial score (nSPS) is 10.7. The number of aryl methyl sites for hydroxylation is 1. The summed E-state index contributed by atoms with van der Waals surface area (Å²) in [5, 5.41) is 0. The quantitative estimate of drug-likeness (QED) is 0.324. The summed E-state index contributed by atoms with van der Waals surface area (Å²) in [6, 6.07) is 8.34. The summed E-state index contributed by atoms with van der Waals surface area (Å²) in [7, 11) is 2.35. The van der Waals surface area contributed by atoms with Gasteiger partial charge < -0.3 is 4.52 Å². The smallest absolute Gasteiger partial charge is 0.125 e. The van der Waals surface area contributed by atoms with Gasteiger partial charge in [0.1, 0.15) is 5.75 Å². The van der Waals surface area contributed by atoms with Crippen molar-refractivity contribution >= 4 is 9.47 Å². The fourth-order valence-electron chi connectivity index (χ4n) is 2.63. The largest absolute Gasteiger partial charge is 0.480 e. The van der Waals surface area contributed by atoms with Crippen LogP contribution in [0.1, 0.15) is 76.7 Å². The maximum absolute atomic E-state index is 5.30. The molecule has 1 rings (SSSR count). The molecule has 0 N–H and O–H groups in total. The maximum Gasteiger partial charge on any atom is 0.125 e. The molecule has 0 spiro atoms. The van der Waals surface area contributed by atoms with E-state index in [-0.39, 0.29) is 0 Å². The first-order valence-corrected chi connectivity index (χ1v) is 8.80. The number of para-hydroxylation sites is 1. The van der Waals surface area contributed by atoms with E-state index in [1.54, 1.807) is 0 Å². The third-order valence-electron chi connectivity index (χ3n) is 3.90. The Morgan fingerprint density at radius 1 is 0.800 bits per heavy atom. The van der Waals surface area contributed by atoms with Crippen LogP contribution in [0.15, 0.2) is 24.3 Å². The molecule has 0 aliphatic rings. The topological polar surface area (TPSA) is 9.23 Å². The van der Waals surface area contributed by atoms with Crippen LogP contribution in [0.2, 0.25) is 0 Å². The van der Waals surface area contributed by atoms with Crippen molar-refractivity contribution in [3.05, 3.63) is 29.8 Å². The van der Waals surface area contributed by atoms with Crippen LogP contribution in [0, 0.1) is 0 Å². The highest BCUT2D eigenvalue weighted by Crippen LogP contribution is 2.22. The summed E-state index contributed by atoms with van der Waals surface area (Å²) in [6.45, 7) is 2.28. The highest BCUT2D eigenvalue weighted by Gasteiger charge is 2.01. The van der Waals surface area contributed by atoms with E-state index in [0.29, 0.717) is 0 Å². The predicted octanol–water partition coefficient (Wildman–Crippen LogP) is 6.32. The molecule has 1 aromatic carbocycles. The number of hydrogen-bond acceptors (Lipinski definition) is 1. The number of hydrogen-bond donors (Lipinski definition) is 0. The van der Waals surface area contributed by atoms with Gasteiger partial charge in [0, 0.05) is 0 Å². The number of rotatable bonds is 12. The Bertz CT molecular complexity index is 338. The molecule has 0 aromatic heterocycles. The van der Waals surface area contributed by atoms with E-state index in [0.717, 1.165) is 12.2 Å². The van der Waals surface area contributed by atoms with Crippen LogP contribution in [-0.2, 0) is 6.42 Å². The predicted molar refractivity (Wildman–Crippen MR) is 92.3 cm³/mol. The van der Waals surface area contributed by atoms with E-state index >= 15 is 0 Å². The first-order valence-electron chi connectivity index (χ1n) is 8.33. The van der Waals surface area contributed by atoms with Crippen LogP contribution in [0.4, 0.5) is 0 Å². The summed E-state index contributed by atoms with van der Waals surface area (Å²) >= 11 is 0. The Labute approximate surface area is 127 Å². The first-order chi connectivity index (χ1) is 9.88. The summed E-state index contributed by atoms with van der Waals surface area (Å²) in [5.74, 6) is 1.01. The zero-order valence-electron chi connectivity index (χ0n) is 13.1. The lowest BCUT2D eigenvalue weighted by atomic mass is 10.0. The van der Waals surface area contributed by atoms with E-state index in [9.17, 15) is 0 Å². The van der Waals surface area contributed by atoms with Crippen LogP contribution in [0.25, 0.3) is 0 Å². The van der Waals surface area contributed by atoms with Gasteiger partial charge in [-0.25, -0.2) is 0 Å². The average Bonchev–Trinajstić information content (AvgIpc) is 2.49. The van der Waals surface area contributed by atoms with Gasteiger partial charge in [0.2, 0.25) is 0 Å². The van der Waals surface area contributed by atoms with Crippen LogP contribution in [-0.4, -0.2) is 0 Å². The molecule has 0 fully saturated rings. The van der Waals surface area contributed by atoms with Crippen molar-refractivity contribution in [2.24, 2.45) is 0 Å². The van der Waals surface area contributed by atoms with E-state index in [4.69, 9.17) is 4.52 Å². The van der Waals surface area contributed by atoms with Crippen molar-refractivity contribution in [3.63, 3.8) is 0 Å². The highest BCUT2D eigenvalue weighted by molar-refractivity contribution is 7.10. The van der Waals surface area contributed by atoms with Crippen molar-refractivity contribution in [3.8, 4) is 5.75 Å². The van der Waals surface area contributed by atoms with Crippen molar-refractivity contribution in [2.75, 3.05) is 0 Å². The van der Waals surface area contributed by atoms with Gasteiger partial charge in [0.25, 0.3) is 0 Å². The molecule has 114 valence electrons. The number of unbranched alkanes of at least 4 members (excludes halogenated alkanes) is 9. The Morgan fingerprint density at radius 3 is 1.95 bits per heavy atom. The standard InChI is InChI=1S/C18H31OP/c1-2-3-4-5-6-7-8-9-10-11-14-17-15-12-13-16-18(17)19-20/h12-13,15-16H,2-11,14,20H2,1H3. The minimum atomic E-state index is 1.01. The lowest BCUT2D eigenvalue weighted by Gasteiger charge is -2.07. The summed E-state index contributed by atoms with van der Waals surface area (Å²) in [5.41, 5.74) is 1.34. The Kier molecular flexibility index (Phi) is 10.7. The molecule has 0 heterocycles. The molecule has 1 aromatic rings. The lowest BCUT2D eigenvalue weighted by Crippen LogP contribution is -1.89. The summed E-state index contributed by atoms with van der Waals surface area (Å²) in [4.78, 5) is 0. The molecule has 0 amide bonds. The van der Waals surface area contributed by atoms with Gasteiger partial charge in [0.05, 0.1) is 9.47 Å². The Hall–Kier alpha value is -0.550. The molecule has 1 unspecified atom stereocenters. The molecule has 1 nitrogen and oxygen atoms in total. The molecule has 0 saturated heterocycles. The van der Waals surface area contributed by atoms with Gasteiger partial charge in [-0.15, -0.1) is 0 Å². The molecule has 0 bridgehead atoms. The van der Waals surface area contributed by atoms with Crippen LogP contribution in [0.5, 0.6) is 5.75 Å². The molecule has 0 aliphatic carbocycles. The average molecular weight is 294 g/mol. The van der Waals surface area contributed by atoms with Gasteiger partial charge in [-0.1, -0.05) is 82.9 Å². The second-order valence-electron chi connectivity index (χ2n) is 5.66. The number of benzene rings is 1. The van der Waals surface area contributed by atoms with E-state index in [1.807, 2.05) is 12.1 Å². The fourth-order valence-corrected chi connectivity index (χ4v) is 2.86. The van der Waals surface area contributed by atoms with E-state index in [1.165, 1.54) is 69.8 Å². The van der Waals surface area contributed by atoms with Crippen LogP contribution in [0.3, 0.4) is 0 Å². The van der Waals surface area contributed by atoms with Gasteiger partial charge in [-0.2, -0.15) is 0 Å². The van der Waals surface area contributed by atoms with Crippen LogP contribution >= 0.6 is 9.47 Å². The molecular weight excluding hydrogens is 263 g/mol. The minimum Gasteiger partial charge on any atom is -0.480 e. The molecule has 1 atom stereocenters. The van der Waals surface area contributed by atoms with Gasteiger partial charge >= 0.3 is 0 Å². The zero-order chi connectivity index (χ0) is 14.5.